The van der Waals surface area contributed by atoms with Crippen LogP contribution in [0.2, 0.25) is 0 Å². The standard InChI is InChI=1S/C24H40N2O6/c1-23(2,3)21(29)25-13-9-8-10-17(25)20(28)32-15-16-11-12-18(19(27)31-7)26(14-16)22(30)24(4,5)6/h16-18H,8-15H2,1-7H3/t16?,17-,18+/m1/s1. The Kier molecular flexibility index (Phi) is 8.34. The van der Waals surface area contributed by atoms with Crippen molar-refractivity contribution in [2.75, 3.05) is 26.8 Å². The van der Waals surface area contributed by atoms with Crippen molar-refractivity contribution >= 4 is 23.8 Å². The van der Waals surface area contributed by atoms with Gasteiger partial charge in [0.25, 0.3) is 0 Å². The molecule has 0 aliphatic carbocycles. The molecule has 0 aromatic rings. The van der Waals surface area contributed by atoms with Gasteiger partial charge in [-0.05, 0) is 32.1 Å². The second-order valence-electron chi connectivity index (χ2n) is 11.1. The van der Waals surface area contributed by atoms with Gasteiger partial charge in [0.05, 0.1) is 13.7 Å². The Bertz CT molecular complexity index is 721. The fraction of sp³-hybridized carbons (Fsp3) is 0.833. The summed E-state index contributed by atoms with van der Waals surface area (Å²) in [5, 5.41) is 0. The lowest BCUT2D eigenvalue weighted by Gasteiger charge is -2.41. The van der Waals surface area contributed by atoms with E-state index >= 15 is 0 Å². The molecular formula is C24H40N2O6. The van der Waals surface area contributed by atoms with Gasteiger partial charge in [-0.1, -0.05) is 41.5 Å². The summed E-state index contributed by atoms with van der Waals surface area (Å²) in [5.74, 6) is -1.04. The van der Waals surface area contributed by atoms with E-state index in [-0.39, 0.29) is 30.3 Å². The van der Waals surface area contributed by atoms with E-state index in [9.17, 15) is 19.2 Å². The lowest BCUT2D eigenvalue weighted by atomic mass is 9.88. The van der Waals surface area contributed by atoms with Crippen LogP contribution in [-0.4, -0.2) is 72.4 Å². The highest BCUT2D eigenvalue weighted by molar-refractivity contribution is 5.88. The first-order valence-corrected chi connectivity index (χ1v) is 11.6. The predicted molar refractivity (Wildman–Crippen MR) is 119 cm³/mol. The monoisotopic (exact) mass is 452 g/mol. The van der Waals surface area contributed by atoms with E-state index in [1.807, 2.05) is 41.5 Å². The molecule has 2 rings (SSSR count). The Labute approximate surface area is 192 Å². The number of ether oxygens (including phenoxy) is 2. The molecule has 2 fully saturated rings. The molecule has 0 aromatic carbocycles. The molecule has 0 radical (unpaired) electrons. The van der Waals surface area contributed by atoms with Crippen LogP contribution in [0.25, 0.3) is 0 Å². The van der Waals surface area contributed by atoms with Crippen LogP contribution in [0.15, 0.2) is 0 Å². The molecule has 0 aromatic heterocycles. The summed E-state index contributed by atoms with van der Waals surface area (Å²) < 4.78 is 10.6. The maximum absolute atomic E-state index is 13.0. The van der Waals surface area contributed by atoms with Crippen LogP contribution >= 0.6 is 0 Å². The molecule has 182 valence electrons. The van der Waals surface area contributed by atoms with Crippen molar-refractivity contribution in [1.29, 1.82) is 0 Å². The van der Waals surface area contributed by atoms with Crippen molar-refractivity contribution in [2.24, 2.45) is 16.7 Å². The van der Waals surface area contributed by atoms with Gasteiger partial charge >= 0.3 is 11.9 Å². The van der Waals surface area contributed by atoms with Gasteiger partial charge in [0.15, 0.2) is 0 Å². The van der Waals surface area contributed by atoms with Crippen LogP contribution in [0.3, 0.4) is 0 Å². The number of hydrogen-bond donors (Lipinski definition) is 0. The van der Waals surface area contributed by atoms with Gasteiger partial charge in [0.1, 0.15) is 12.1 Å². The summed E-state index contributed by atoms with van der Waals surface area (Å²) in [7, 11) is 1.32. The van der Waals surface area contributed by atoms with E-state index in [1.165, 1.54) is 7.11 Å². The SMILES string of the molecule is COC(=O)[C@@H]1CCC(COC(=O)[C@H]2CCCCN2C(=O)C(C)(C)C)CN1C(=O)C(C)(C)C. The van der Waals surface area contributed by atoms with E-state index in [1.54, 1.807) is 9.80 Å². The van der Waals surface area contributed by atoms with Crippen LogP contribution in [0.1, 0.15) is 73.6 Å². The van der Waals surface area contributed by atoms with Gasteiger partial charge in [0.2, 0.25) is 11.8 Å². The zero-order chi connectivity index (χ0) is 24.3. The van der Waals surface area contributed by atoms with Gasteiger partial charge in [-0.3, -0.25) is 9.59 Å². The number of likely N-dealkylation sites (tertiary alicyclic amines) is 2. The number of amides is 2. The average molecular weight is 453 g/mol. The van der Waals surface area contributed by atoms with Crippen molar-refractivity contribution in [1.82, 2.24) is 9.80 Å². The molecule has 2 aliphatic rings. The number of carbonyl (C=O) groups is 4. The van der Waals surface area contributed by atoms with E-state index < -0.39 is 28.9 Å². The Morgan fingerprint density at radius 1 is 0.781 bits per heavy atom. The summed E-state index contributed by atoms with van der Waals surface area (Å²) in [5.41, 5.74) is -1.20. The molecule has 0 saturated carbocycles. The zero-order valence-electron chi connectivity index (χ0n) is 20.7. The topological polar surface area (TPSA) is 93.2 Å². The highest BCUT2D eigenvalue weighted by Gasteiger charge is 2.42. The minimum atomic E-state index is -0.638. The highest BCUT2D eigenvalue weighted by Crippen LogP contribution is 2.29. The van der Waals surface area contributed by atoms with Gasteiger partial charge < -0.3 is 19.3 Å². The Morgan fingerprint density at radius 3 is 1.91 bits per heavy atom. The van der Waals surface area contributed by atoms with Crippen molar-refractivity contribution in [2.45, 2.75) is 85.7 Å². The number of methoxy groups -OCH3 is 1. The molecule has 0 spiro atoms. The molecule has 0 N–H and O–H groups in total. The Morgan fingerprint density at radius 2 is 1.34 bits per heavy atom. The molecule has 8 nitrogen and oxygen atoms in total. The maximum Gasteiger partial charge on any atom is 0.328 e. The van der Waals surface area contributed by atoms with Crippen LogP contribution < -0.4 is 0 Å². The van der Waals surface area contributed by atoms with E-state index in [0.717, 1.165) is 12.8 Å². The van der Waals surface area contributed by atoms with Gasteiger partial charge in [-0.2, -0.15) is 0 Å². The van der Waals surface area contributed by atoms with Crippen molar-refractivity contribution < 1.29 is 28.7 Å². The normalized spacial score (nSPS) is 24.7. The van der Waals surface area contributed by atoms with E-state index in [0.29, 0.717) is 32.4 Å². The smallest absolute Gasteiger partial charge is 0.328 e. The predicted octanol–water partition coefficient (Wildman–Crippen LogP) is 2.78. The van der Waals surface area contributed by atoms with Gasteiger partial charge in [0, 0.05) is 29.8 Å². The second-order valence-corrected chi connectivity index (χ2v) is 11.1. The Balaban J connectivity index is 2.04. The fourth-order valence-electron chi connectivity index (χ4n) is 4.37. The van der Waals surface area contributed by atoms with E-state index in [2.05, 4.69) is 0 Å². The van der Waals surface area contributed by atoms with Crippen molar-refractivity contribution in [3.05, 3.63) is 0 Å². The summed E-state index contributed by atoms with van der Waals surface area (Å²) >= 11 is 0. The van der Waals surface area contributed by atoms with Crippen molar-refractivity contribution in [3.63, 3.8) is 0 Å². The number of nitrogens with zero attached hydrogens (tertiary/aromatic N) is 2. The molecule has 3 atom stereocenters. The lowest BCUT2D eigenvalue weighted by Crippen LogP contribution is -2.55. The molecule has 0 bridgehead atoms. The number of hydrogen-bond acceptors (Lipinski definition) is 6. The van der Waals surface area contributed by atoms with E-state index in [4.69, 9.17) is 9.47 Å². The second kappa shape index (κ2) is 10.2. The van der Waals surface area contributed by atoms with Crippen LogP contribution in [0.5, 0.6) is 0 Å². The number of carbonyl (C=O) groups excluding carboxylic acids is 4. The maximum atomic E-state index is 13.0. The molecule has 2 aliphatic heterocycles. The number of piperidine rings is 2. The summed E-state index contributed by atoms with van der Waals surface area (Å²) in [6.07, 6.45) is 3.48. The largest absolute Gasteiger partial charge is 0.467 e. The minimum Gasteiger partial charge on any atom is -0.467 e. The highest BCUT2D eigenvalue weighted by atomic mass is 16.5. The van der Waals surface area contributed by atoms with Crippen LogP contribution in [0.4, 0.5) is 0 Å². The summed E-state index contributed by atoms with van der Waals surface area (Å²) in [6.45, 7) is 12.1. The summed E-state index contributed by atoms with van der Waals surface area (Å²) in [4.78, 5) is 54.1. The minimum absolute atomic E-state index is 0.0420. The first kappa shape index (κ1) is 26.1. The molecule has 8 heteroatoms. The third-order valence-electron chi connectivity index (χ3n) is 6.19. The third-order valence-corrected chi connectivity index (χ3v) is 6.19. The Hall–Kier alpha value is -2.12. The molecule has 2 heterocycles. The fourth-order valence-corrected chi connectivity index (χ4v) is 4.37. The van der Waals surface area contributed by atoms with Crippen molar-refractivity contribution in [3.8, 4) is 0 Å². The first-order valence-electron chi connectivity index (χ1n) is 11.6. The molecular weight excluding hydrogens is 412 g/mol. The number of rotatable bonds is 4. The van der Waals surface area contributed by atoms with Crippen LogP contribution in [0, 0.1) is 16.7 Å². The van der Waals surface area contributed by atoms with Crippen LogP contribution in [-0.2, 0) is 28.7 Å². The molecule has 2 saturated heterocycles. The molecule has 32 heavy (non-hydrogen) atoms. The molecule has 1 unspecified atom stereocenters. The zero-order valence-corrected chi connectivity index (χ0v) is 20.7. The average Bonchev–Trinajstić information content (AvgIpc) is 2.74. The third kappa shape index (κ3) is 6.23. The lowest BCUT2D eigenvalue weighted by molar-refractivity contribution is -0.164. The van der Waals surface area contributed by atoms with Gasteiger partial charge in [-0.15, -0.1) is 0 Å². The first-order chi connectivity index (χ1) is 14.8. The van der Waals surface area contributed by atoms with Gasteiger partial charge in [-0.25, -0.2) is 9.59 Å². The molecule has 2 amide bonds. The summed E-state index contributed by atoms with van der Waals surface area (Å²) in [6, 6.07) is -1.17. The quantitative estimate of drug-likeness (QED) is 0.609. The number of esters is 2.